The van der Waals surface area contributed by atoms with Gasteiger partial charge in [0, 0.05) is 6.42 Å². The van der Waals surface area contributed by atoms with Gasteiger partial charge in [-0.3, -0.25) is 0 Å². The van der Waals surface area contributed by atoms with Gasteiger partial charge in [0.2, 0.25) is 0 Å². The summed E-state index contributed by atoms with van der Waals surface area (Å²) in [6.45, 7) is 4.30. The molecule has 0 saturated carbocycles. The molecular formula is C8H15O. The SMILES string of the molecule is CCC([CH]CC=O)CC. The number of rotatable bonds is 5. The first-order valence-electron chi connectivity index (χ1n) is 3.62. The Morgan fingerprint density at radius 1 is 1.33 bits per heavy atom. The van der Waals surface area contributed by atoms with Crippen LogP contribution in [0.4, 0.5) is 0 Å². The van der Waals surface area contributed by atoms with E-state index in [0.717, 1.165) is 19.1 Å². The van der Waals surface area contributed by atoms with Gasteiger partial charge in [-0.2, -0.15) is 0 Å². The topological polar surface area (TPSA) is 17.1 Å². The van der Waals surface area contributed by atoms with Gasteiger partial charge >= 0.3 is 0 Å². The molecule has 0 aliphatic heterocycles. The first kappa shape index (κ1) is 8.67. The van der Waals surface area contributed by atoms with Crippen molar-refractivity contribution in [1.29, 1.82) is 0 Å². The standard InChI is InChI=1S/C8H15O/c1-3-8(4-2)6-5-7-9/h6-8H,3-5H2,1-2H3. The maximum absolute atomic E-state index is 9.91. The molecule has 0 heterocycles. The minimum Gasteiger partial charge on any atom is -0.303 e. The van der Waals surface area contributed by atoms with E-state index >= 15 is 0 Å². The highest BCUT2D eigenvalue weighted by atomic mass is 16.1. The van der Waals surface area contributed by atoms with Gasteiger partial charge in [-0.1, -0.05) is 26.7 Å². The van der Waals surface area contributed by atoms with E-state index in [1.54, 1.807) is 0 Å². The Kier molecular flexibility index (Phi) is 5.59. The average Bonchev–Trinajstić information content (AvgIpc) is 1.91. The van der Waals surface area contributed by atoms with Crippen LogP contribution in [0.15, 0.2) is 0 Å². The van der Waals surface area contributed by atoms with E-state index in [-0.39, 0.29) is 0 Å². The van der Waals surface area contributed by atoms with Crippen LogP contribution in [-0.4, -0.2) is 6.29 Å². The average molecular weight is 127 g/mol. The summed E-state index contributed by atoms with van der Waals surface area (Å²) in [5.41, 5.74) is 0. The molecule has 1 nitrogen and oxygen atoms in total. The van der Waals surface area contributed by atoms with Crippen LogP contribution in [-0.2, 0) is 4.79 Å². The molecule has 0 amide bonds. The lowest BCUT2D eigenvalue weighted by atomic mass is 9.98. The van der Waals surface area contributed by atoms with E-state index < -0.39 is 0 Å². The predicted octanol–water partition coefficient (Wildman–Crippen LogP) is 2.22. The number of carbonyl (C=O) groups is 1. The Bertz CT molecular complexity index is 65.0. The van der Waals surface area contributed by atoms with Gasteiger partial charge < -0.3 is 4.79 Å². The molecule has 0 aliphatic rings. The van der Waals surface area contributed by atoms with Gasteiger partial charge in [-0.15, -0.1) is 0 Å². The Morgan fingerprint density at radius 2 is 1.89 bits per heavy atom. The summed E-state index contributed by atoms with van der Waals surface area (Å²) in [7, 11) is 0. The monoisotopic (exact) mass is 127 g/mol. The summed E-state index contributed by atoms with van der Waals surface area (Å²) in [6.07, 6.45) is 5.98. The van der Waals surface area contributed by atoms with Gasteiger partial charge in [-0.25, -0.2) is 0 Å². The molecule has 0 saturated heterocycles. The summed E-state index contributed by atoms with van der Waals surface area (Å²) in [5.74, 6) is 0.648. The lowest BCUT2D eigenvalue weighted by molar-refractivity contribution is -0.107. The van der Waals surface area contributed by atoms with Crippen molar-refractivity contribution in [3.63, 3.8) is 0 Å². The Labute approximate surface area is 57.5 Å². The quantitative estimate of drug-likeness (QED) is 0.517. The van der Waals surface area contributed by atoms with Gasteiger partial charge in [0.25, 0.3) is 0 Å². The predicted molar refractivity (Wildman–Crippen MR) is 39.1 cm³/mol. The van der Waals surface area contributed by atoms with E-state index in [1.165, 1.54) is 0 Å². The highest BCUT2D eigenvalue weighted by molar-refractivity contribution is 5.51. The summed E-state index contributed by atoms with van der Waals surface area (Å²) in [5, 5.41) is 0. The molecule has 0 N–H and O–H groups in total. The molecule has 1 radical (unpaired) electrons. The lowest BCUT2D eigenvalue weighted by Crippen LogP contribution is -1.97. The normalized spacial score (nSPS) is 10.1. The highest BCUT2D eigenvalue weighted by Crippen LogP contribution is 2.11. The van der Waals surface area contributed by atoms with Crippen LogP contribution in [0.1, 0.15) is 33.1 Å². The van der Waals surface area contributed by atoms with Gasteiger partial charge in [0.05, 0.1) is 0 Å². The van der Waals surface area contributed by atoms with Crippen molar-refractivity contribution in [1.82, 2.24) is 0 Å². The zero-order valence-electron chi connectivity index (χ0n) is 6.26. The Morgan fingerprint density at radius 3 is 2.22 bits per heavy atom. The van der Waals surface area contributed by atoms with Crippen LogP contribution < -0.4 is 0 Å². The maximum Gasteiger partial charge on any atom is 0.120 e. The van der Waals surface area contributed by atoms with Crippen LogP contribution in [0.3, 0.4) is 0 Å². The molecule has 0 atom stereocenters. The van der Waals surface area contributed by atoms with Gasteiger partial charge in [0.1, 0.15) is 6.29 Å². The number of hydrogen-bond acceptors (Lipinski definition) is 1. The summed E-state index contributed by atoms with van der Waals surface area (Å²) in [6, 6.07) is 0. The molecule has 0 rings (SSSR count). The fourth-order valence-electron chi connectivity index (χ4n) is 0.870. The molecule has 53 valence electrons. The molecule has 0 aliphatic carbocycles. The van der Waals surface area contributed by atoms with E-state index in [0.29, 0.717) is 12.3 Å². The van der Waals surface area contributed by atoms with E-state index in [4.69, 9.17) is 0 Å². The molecule has 1 heteroatoms. The molecule has 0 bridgehead atoms. The first-order chi connectivity index (χ1) is 4.35. The highest BCUT2D eigenvalue weighted by Gasteiger charge is 2.00. The molecule has 0 aromatic rings. The Balaban J connectivity index is 3.19. The second-order valence-electron chi connectivity index (χ2n) is 2.21. The largest absolute Gasteiger partial charge is 0.303 e. The Hall–Kier alpha value is -0.330. The third kappa shape index (κ3) is 4.19. The first-order valence-corrected chi connectivity index (χ1v) is 3.62. The van der Waals surface area contributed by atoms with Crippen molar-refractivity contribution in [2.24, 2.45) is 5.92 Å². The minimum absolute atomic E-state index is 0.617. The second-order valence-corrected chi connectivity index (χ2v) is 2.21. The van der Waals surface area contributed by atoms with Gasteiger partial charge in [0.15, 0.2) is 0 Å². The summed E-state index contributed by atoms with van der Waals surface area (Å²) in [4.78, 5) is 9.91. The maximum atomic E-state index is 9.91. The van der Waals surface area contributed by atoms with Crippen LogP contribution >= 0.6 is 0 Å². The zero-order chi connectivity index (χ0) is 7.11. The van der Waals surface area contributed by atoms with E-state index in [1.807, 2.05) is 0 Å². The van der Waals surface area contributed by atoms with Crippen molar-refractivity contribution in [2.75, 3.05) is 0 Å². The second kappa shape index (κ2) is 5.80. The molecule has 0 spiro atoms. The van der Waals surface area contributed by atoms with Crippen LogP contribution in [0.5, 0.6) is 0 Å². The number of hydrogen-bond donors (Lipinski definition) is 0. The molecule has 9 heavy (non-hydrogen) atoms. The molecular weight excluding hydrogens is 112 g/mol. The third-order valence-electron chi connectivity index (χ3n) is 1.61. The summed E-state index contributed by atoms with van der Waals surface area (Å²) >= 11 is 0. The van der Waals surface area contributed by atoms with Gasteiger partial charge in [-0.05, 0) is 12.3 Å². The van der Waals surface area contributed by atoms with E-state index in [2.05, 4.69) is 20.3 Å². The fourth-order valence-corrected chi connectivity index (χ4v) is 0.870. The molecule has 0 fully saturated rings. The third-order valence-corrected chi connectivity index (χ3v) is 1.61. The van der Waals surface area contributed by atoms with Crippen molar-refractivity contribution in [2.45, 2.75) is 33.1 Å². The lowest BCUT2D eigenvalue weighted by Gasteiger charge is -2.07. The van der Waals surface area contributed by atoms with Crippen molar-refractivity contribution < 1.29 is 4.79 Å². The van der Waals surface area contributed by atoms with Crippen molar-refractivity contribution in [3.8, 4) is 0 Å². The fraction of sp³-hybridized carbons (Fsp3) is 0.750. The smallest absolute Gasteiger partial charge is 0.120 e. The van der Waals surface area contributed by atoms with Crippen molar-refractivity contribution in [3.05, 3.63) is 6.42 Å². The van der Waals surface area contributed by atoms with Crippen LogP contribution in [0.2, 0.25) is 0 Å². The minimum atomic E-state index is 0.617. The molecule has 0 aromatic carbocycles. The summed E-state index contributed by atoms with van der Waals surface area (Å²) < 4.78 is 0. The molecule has 0 aromatic heterocycles. The van der Waals surface area contributed by atoms with Crippen LogP contribution in [0, 0.1) is 12.3 Å². The van der Waals surface area contributed by atoms with Crippen LogP contribution in [0.25, 0.3) is 0 Å². The molecule has 0 unspecified atom stereocenters. The number of carbonyl (C=O) groups excluding carboxylic acids is 1. The van der Waals surface area contributed by atoms with Crippen molar-refractivity contribution >= 4 is 6.29 Å². The number of aldehydes is 1. The zero-order valence-corrected chi connectivity index (χ0v) is 6.26. The van der Waals surface area contributed by atoms with E-state index in [9.17, 15) is 4.79 Å².